The maximum absolute atomic E-state index is 12.9. The third-order valence-corrected chi connectivity index (χ3v) is 7.12. The summed E-state index contributed by atoms with van der Waals surface area (Å²) in [4.78, 5) is 36.2. The Hall–Kier alpha value is -4.46. The highest BCUT2D eigenvalue weighted by Gasteiger charge is 2.31. The lowest BCUT2D eigenvalue weighted by molar-refractivity contribution is -0.137. The molecule has 212 valence electrons. The Kier molecular flexibility index (Phi) is 9.47. The van der Waals surface area contributed by atoms with Crippen LogP contribution >= 0.6 is 0 Å². The highest BCUT2D eigenvalue weighted by atomic mass is 32.2. The van der Waals surface area contributed by atoms with Gasteiger partial charge in [-0.25, -0.2) is 13.1 Å². The predicted molar refractivity (Wildman–Crippen MR) is 145 cm³/mol. The minimum atomic E-state index is -4.59. The first-order valence-electron chi connectivity index (χ1n) is 12.0. The summed E-state index contributed by atoms with van der Waals surface area (Å²) in [6.07, 6.45) is -2.41. The number of nitrogen functional groups attached to an aromatic ring is 1. The van der Waals surface area contributed by atoms with Crippen molar-refractivity contribution in [3.63, 3.8) is 0 Å². The number of amides is 2. The fourth-order valence-corrected chi connectivity index (χ4v) is 4.82. The molecule has 0 aromatic heterocycles. The van der Waals surface area contributed by atoms with Gasteiger partial charge in [0.2, 0.25) is 5.91 Å². The number of anilines is 4. The number of benzene rings is 3. The van der Waals surface area contributed by atoms with Crippen LogP contribution in [0.3, 0.4) is 0 Å². The molecular formula is C26H26F3N5O5S. The van der Waals surface area contributed by atoms with Crippen LogP contribution in [0.2, 0.25) is 0 Å². The first kappa shape index (κ1) is 30.1. The number of carbonyl (C=O) groups excluding carboxylic acids is 2. The fourth-order valence-electron chi connectivity index (χ4n) is 3.64. The van der Waals surface area contributed by atoms with Crippen LogP contribution in [0.5, 0.6) is 0 Å². The largest absolute Gasteiger partial charge is 0.416 e. The van der Waals surface area contributed by atoms with Gasteiger partial charge < -0.3 is 16.4 Å². The van der Waals surface area contributed by atoms with Gasteiger partial charge in [0.15, 0.2) is 0 Å². The summed E-state index contributed by atoms with van der Waals surface area (Å²) in [5.74, 6) is -1.46. The summed E-state index contributed by atoms with van der Waals surface area (Å²) in [6, 6.07) is 11.8. The minimum Gasteiger partial charge on any atom is -0.397 e. The first-order chi connectivity index (χ1) is 18.9. The number of halogens is 3. The lowest BCUT2D eigenvalue weighted by Crippen LogP contribution is -2.31. The smallest absolute Gasteiger partial charge is 0.397 e. The average molecular weight is 578 g/mol. The molecule has 3 aromatic rings. The van der Waals surface area contributed by atoms with E-state index in [4.69, 9.17) is 5.73 Å². The molecule has 14 heteroatoms. The molecule has 40 heavy (non-hydrogen) atoms. The van der Waals surface area contributed by atoms with Gasteiger partial charge in [-0.05, 0) is 60.1 Å². The van der Waals surface area contributed by atoms with Gasteiger partial charge in [0.25, 0.3) is 15.9 Å². The van der Waals surface area contributed by atoms with Crippen LogP contribution in [0.15, 0.2) is 70.7 Å². The van der Waals surface area contributed by atoms with Crippen molar-refractivity contribution in [3.05, 3.63) is 76.7 Å². The molecule has 0 bridgehead atoms. The van der Waals surface area contributed by atoms with E-state index in [0.29, 0.717) is 6.42 Å². The predicted octanol–water partition coefficient (Wildman–Crippen LogP) is 6.07. The standard InChI is InChI=1S/C26H26F3N5O5S/c1-2-3-4-9-24(35)34-40(38,39)23-8-6-5-7-21(23)32-25(36)16-10-12-20(22(14-16)33-37)31-19-13-11-17(15-18(19)30)26(27,28)29/h5-8,10-15,31H,2-4,9,30H2,1H3,(H,32,36)(H,34,35). The maximum atomic E-state index is 12.9. The number of nitrogens with zero attached hydrogens (tertiary/aromatic N) is 1. The average Bonchev–Trinajstić information content (AvgIpc) is 2.89. The van der Waals surface area contributed by atoms with Gasteiger partial charge >= 0.3 is 6.18 Å². The van der Waals surface area contributed by atoms with Crippen LogP contribution in [0, 0.1) is 4.91 Å². The molecule has 0 spiro atoms. The van der Waals surface area contributed by atoms with Crippen molar-refractivity contribution in [2.75, 3.05) is 16.4 Å². The highest BCUT2D eigenvalue weighted by molar-refractivity contribution is 7.90. The Balaban J connectivity index is 1.80. The molecule has 0 aliphatic carbocycles. The van der Waals surface area contributed by atoms with Crippen molar-refractivity contribution in [3.8, 4) is 0 Å². The molecule has 0 aliphatic rings. The molecule has 0 atom stereocenters. The molecule has 10 nitrogen and oxygen atoms in total. The Labute approximate surface area is 228 Å². The number of hydrogen-bond donors (Lipinski definition) is 4. The number of nitroso groups, excluding NO2 is 1. The van der Waals surface area contributed by atoms with Crippen molar-refractivity contribution in [2.45, 2.75) is 43.7 Å². The van der Waals surface area contributed by atoms with E-state index >= 15 is 0 Å². The highest BCUT2D eigenvalue weighted by Crippen LogP contribution is 2.36. The molecule has 5 N–H and O–H groups in total. The number of sulfonamides is 1. The van der Waals surface area contributed by atoms with Gasteiger partial charge in [-0.15, -0.1) is 4.91 Å². The van der Waals surface area contributed by atoms with Gasteiger partial charge in [-0.2, -0.15) is 13.2 Å². The topological polar surface area (TPSA) is 160 Å². The Morgan fingerprint density at radius 1 is 0.950 bits per heavy atom. The summed E-state index contributed by atoms with van der Waals surface area (Å²) in [5.41, 5.74) is 4.24. The van der Waals surface area contributed by atoms with Crippen LogP contribution in [0.4, 0.5) is 41.6 Å². The Bertz CT molecular complexity index is 1530. The monoisotopic (exact) mass is 577 g/mol. The van der Waals surface area contributed by atoms with E-state index in [1.807, 2.05) is 11.6 Å². The van der Waals surface area contributed by atoms with E-state index in [1.165, 1.54) is 36.4 Å². The Morgan fingerprint density at radius 2 is 1.65 bits per heavy atom. The first-order valence-corrected chi connectivity index (χ1v) is 13.5. The molecule has 0 radical (unpaired) electrons. The lowest BCUT2D eigenvalue weighted by Gasteiger charge is -2.15. The quantitative estimate of drug-likeness (QED) is 0.122. The normalized spacial score (nSPS) is 11.5. The molecule has 0 saturated heterocycles. The van der Waals surface area contributed by atoms with E-state index < -0.39 is 33.6 Å². The number of rotatable bonds is 11. The summed E-state index contributed by atoms with van der Waals surface area (Å²) in [7, 11) is -4.30. The number of nitrogens with one attached hydrogen (secondary N) is 3. The molecule has 3 rings (SSSR count). The summed E-state index contributed by atoms with van der Waals surface area (Å²) >= 11 is 0. The number of nitrogens with two attached hydrogens (primary N) is 1. The van der Waals surface area contributed by atoms with Crippen LogP contribution in [-0.2, 0) is 21.0 Å². The second-order valence-corrected chi connectivity index (χ2v) is 10.3. The molecule has 0 fully saturated rings. The van der Waals surface area contributed by atoms with Gasteiger partial charge in [-0.1, -0.05) is 31.9 Å². The third kappa shape index (κ3) is 7.56. The van der Waals surface area contributed by atoms with Crippen LogP contribution in [0.25, 0.3) is 0 Å². The molecular weight excluding hydrogens is 551 g/mol. The summed E-state index contributed by atoms with van der Waals surface area (Å²) < 4.78 is 66.3. The van der Waals surface area contributed by atoms with E-state index in [1.54, 1.807) is 0 Å². The van der Waals surface area contributed by atoms with E-state index in [9.17, 15) is 36.1 Å². The zero-order valence-electron chi connectivity index (χ0n) is 21.2. The van der Waals surface area contributed by atoms with Crippen LogP contribution in [-0.4, -0.2) is 20.2 Å². The second-order valence-electron chi connectivity index (χ2n) is 8.68. The van der Waals surface area contributed by atoms with E-state index in [0.717, 1.165) is 37.1 Å². The number of carbonyl (C=O) groups is 2. The number of para-hydroxylation sites is 1. The lowest BCUT2D eigenvalue weighted by atomic mass is 10.1. The Morgan fingerprint density at radius 3 is 2.30 bits per heavy atom. The van der Waals surface area contributed by atoms with Crippen molar-refractivity contribution in [1.29, 1.82) is 0 Å². The molecule has 0 aliphatic heterocycles. The molecule has 2 amide bonds. The van der Waals surface area contributed by atoms with Gasteiger partial charge in [0.05, 0.1) is 28.3 Å². The van der Waals surface area contributed by atoms with Crippen molar-refractivity contribution >= 4 is 50.3 Å². The van der Waals surface area contributed by atoms with E-state index in [2.05, 4.69) is 15.8 Å². The van der Waals surface area contributed by atoms with Crippen molar-refractivity contribution < 1.29 is 31.2 Å². The molecule has 3 aromatic carbocycles. The molecule has 0 saturated carbocycles. The zero-order chi connectivity index (χ0) is 29.5. The number of unbranched alkanes of at least 4 members (excludes halogenated alkanes) is 2. The van der Waals surface area contributed by atoms with Crippen molar-refractivity contribution in [1.82, 2.24) is 4.72 Å². The molecule has 0 unspecified atom stereocenters. The van der Waals surface area contributed by atoms with Crippen LogP contribution in [0.1, 0.15) is 48.5 Å². The SMILES string of the molecule is CCCCCC(=O)NS(=O)(=O)c1ccccc1NC(=O)c1ccc(Nc2ccc(C(F)(F)F)cc2N)c(N=O)c1. The van der Waals surface area contributed by atoms with Gasteiger partial charge in [0.1, 0.15) is 10.6 Å². The number of hydrogen-bond acceptors (Lipinski definition) is 8. The summed E-state index contributed by atoms with van der Waals surface area (Å²) in [5, 5.41) is 8.03. The van der Waals surface area contributed by atoms with Gasteiger partial charge in [-0.3, -0.25) is 9.59 Å². The minimum absolute atomic E-state index is 0.0293. The number of alkyl halides is 3. The zero-order valence-corrected chi connectivity index (χ0v) is 22.0. The van der Waals surface area contributed by atoms with Crippen molar-refractivity contribution in [2.24, 2.45) is 5.18 Å². The molecule has 0 heterocycles. The second kappa shape index (κ2) is 12.6. The third-order valence-electron chi connectivity index (χ3n) is 5.69. The summed E-state index contributed by atoms with van der Waals surface area (Å²) in [6.45, 7) is 1.95. The fraction of sp³-hybridized carbons (Fsp3) is 0.231. The maximum Gasteiger partial charge on any atom is 0.416 e. The van der Waals surface area contributed by atoms with Crippen LogP contribution < -0.4 is 21.1 Å². The van der Waals surface area contributed by atoms with Gasteiger partial charge in [0, 0.05) is 12.0 Å². The van der Waals surface area contributed by atoms with E-state index in [-0.39, 0.29) is 45.3 Å².